The summed E-state index contributed by atoms with van der Waals surface area (Å²) in [7, 11) is -12.4. The van der Waals surface area contributed by atoms with Crippen molar-refractivity contribution in [3.63, 3.8) is 0 Å². The molecule has 0 radical (unpaired) electrons. The third-order valence-corrected chi connectivity index (χ3v) is 39.8. The van der Waals surface area contributed by atoms with E-state index in [0.717, 1.165) is 147 Å². The fourth-order valence-electron chi connectivity index (χ4n) is 16.1. The molecule has 0 aliphatic rings. The van der Waals surface area contributed by atoms with E-state index in [4.69, 9.17) is 0 Å². The normalized spacial score (nSPS) is 11.5. The van der Waals surface area contributed by atoms with Gasteiger partial charge in [0.25, 0.3) is 0 Å². The third-order valence-electron chi connectivity index (χ3n) is 22.2. The molecule has 0 atom stereocenters. The van der Waals surface area contributed by atoms with Gasteiger partial charge in [-0.3, -0.25) is 0 Å². The van der Waals surface area contributed by atoms with E-state index in [9.17, 15) is 10.1 Å². The first kappa shape index (κ1) is 75.7. The van der Waals surface area contributed by atoms with Crippen molar-refractivity contribution in [2.45, 2.75) is 0 Å². The zero-order chi connectivity index (χ0) is 77.1. The van der Waals surface area contributed by atoms with Gasteiger partial charge in [-0.15, -0.1) is 0 Å². The molecular formula is C108H81O4Si3V. The van der Waals surface area contributed by atoms with E-state index in [0.29, 0.717) is 0 Å². The monoisotopic (exact) mass is 1580 g/mol. The molecule has 4 nitrogen and oxygen atoms in total. The van der Waals surface area contributed by atoms with Crippen LogP contribution in [-0.4, -0.2) is 25.0 Å². The molecule has 0 heterocycles. The summed E-state index contributed by atoms with van der Waals surface area (Å²) >= 11 is -4.23. The van der Waals surface area contributed by atoms with Crippen LogP contribution in [-0.2, 0) is 31.7 Å². The minimum atomic E-state index is -4.23. The molecule has 0 unspecified atom stereocenters. The third kappa shape index (κ3) is 15.7. The molecule has 0 aromatic heterocycles. The molecule has 0 bridgehead atoms. The molecule has 116 heavy (non-hydrogen) atoms. The van der Waals surface area contributed by atoms with Gasteiger partial charge >= 0.3 is 689 Å². The van der Waals surface area contributed by atoms with Crippen LogP contribution >= 0.6 is 0 Å². The molecule has 0 N–H and O–H groups in total. The molecule has 0 amide bonds. The first-order chi connectivity index (χ1) is 56.9. The van der Waals surface area contributed by atoms with Gasteiger partial charge in [0, 0.05) is 0 Å². The Morgan fingerprint density at radius 2 is 0.198 bits per heavy atom. The van der Waals surface area contributed by atoms with E-state index in [2.05, 4.69) is 491 Å². The molecule has 8 heteroatoms. The van der Waals surface area contributed by atoms with Crippen LogP contribution in [0.15, 0.2) is 491 Å². The zero-order valence-corrected chi connectivity index (χ0v) is 68.2. The summed E-state index contributed by atoms with van der Waals surface area (Å²) in [5.74, 6) is 0. The van der Waals surface area contributed by atoms with Crippen molar-refractivity contribution >= 4 is 71.6 Å². The SMILES string of the molecule is [O-2].c1ccc(-c2ccc([Si]([O][V+2]([O][Si](c3ccc(-c4ccccc4)cc3)(c3ccc(-c4ccccc4)cc3)c3ccc(-c4ccccc4)cc3)[O][Si](c3ccc(-c4ccccc4)cc3)(c3ccc(-c4ccccc4)cc3)c3ccc(-c4ccccc4)cc3)(c3ccc(-c4ccccc4)cc3)c3ccc(-c4ccccc4)cc3)cc2)cc1. The second-order valence-corrected chi connectivity index (χ2v) is 42.1. The van der Waals surface area contributed by atoms with Crippen LogP contribution in [0.1, 0.15) is 0 Å². The Balaban J connectivity index is 0.00000968. The molecule has 18 rings (SSSR count). The van der Waals surface area contributed by atoms with Gasteiger partial charge in [-0.05, 0) is 0 Å². The van der Waals surface area contributed by atoms with Gasteiger partial charge in [0.1, 0.15) is 0 Å². The number of benzene rings is 18. The van der Waals surface area contributed by atoms with Crippen molar-refractivity contribution in [3.8, 4) is 100 Å². The number of hydrogen-bond donors (Lipinski definition) is 0. The summed E-state index contributed by atoms with van der Waals surface area (Å²) in [4.78, 5) is 0. The van der Waals surface area contributed by atoms with Gasteiger partial charge in [0.05, 0.1) is 0 Å². The molecular weight excluding hydrogens is 1500 g/mol. The van der Waals surface area contributed by atoms with E-state index >= 15 is 0 Å². The summed E-state index contributed by atoms with van der Waals surface area (Å²) in [6.45, 7) is 0. The Morgan fingerprint density at radius 1 is 0.112 bits per heavy atom. The fourth-order valence-corrected chi connectivity index (χ4v) is 36.1. The predicted octanol–water partition coefficient (Wildman–Crippen LogP) is 21.3. The molecule has 0 saturated carbocycles. The van der Waals surface area contributed by atoms with Crippen LogP contribution in [0, 0.1) is 0 Å². The van der Waals surface area contributed by atoms with Gasteiger partial charge in [-0.1, -0.05) is 0 Å². The maximum absolute atomic E-state index is 9.34. The van der Waals surface area contributed by atoms with Gasteiger partial charge in [-0.25, -0.2) is 0 Å². The second-order valence-electron chi connectivity index (χ2n) is 29.0. The molecule has 0 spiro atoms. The van der Waals surface area contributed by atoms with Crippen molar-refractivity contribution in [1.29, 1.82) is 0 Å². The molecule has 0 saturated heterocycles. The molecule has 554 valence electrons. The first-order valence-corrected chi connectivity index (χ1v) is 46.7. The standard InChI is InChI=1S/3C36H27OSi.O.V/c3*37-38(34-22-16-31(17-23-34)28-10-4-1-5-11-28,35-24-18-32(19-25-35)29-12-6-2-7-13-29)36-26-20-33(21-27-36)30-14-8-3-9-15-30;;/h3*1-27H;;/q3*-1;-2;+5. The van der Waals surface area contributed by atoms with Crippen LogP contribution < -0.4 is 46.7 Å². The van der Waals surface area contributed by atoms with Crippen LogP contribution in [0.2, 0.25) is 0 Å². The summed E-state index contributed by atoms with van der Waals surface area (Å²) in [6.07, 6.45) is 0. The Labute approximate surface area is 689 Å². The van der Waals surface area contributed by atoms with Crippen molar-refractivity contribution in [1.82, 2.24) is 0 Å². The van der Waals surface area contributed by atoms with Crippen molar-refractivity contribution in [2.75, 3.05) is 0 Å². The number of rotatable bonds is 24. The van der Waals surface area contributed by atoms with Crippen LogP contribution in [0.5, 0.6) is 0 Å². The van der Waals surface area contributed by atoms with Crippen LogP contribution in [0.25, 0.3) is 100 Å². The maximum atomic E-state index is 9.34. The van der Waals surface area contributed by atoms with E-state index < -0.39 is 41.2 Å². The number of hydrogen-bond acceptors (Lipinski definition) is 3. The van der Waals surface area contributed by atoms with E-state index in [-0.39, 0.29) is 5.48 Å². The minimum absolute atomic E-state index is 0. The van der Waals surface area contributed by atoms with Crippen molar-refractivity contribution in [3.05, 3.63) is 491 Å². The topological polar surface area (TPSA) is 56.2 Å². The van der Waals surface area contributed by atoms with Gasteiger partial charge in [-0.2, -0.15) is 0 Å². The molecule has 0 fully saturated rings. The van der Waals surface area contributed by atoms with Gasteiger partial charge in [0.2, 0.25) is 0 Å². The second kappa shape index (κ2) is 34.8. The van der Waals surface area contributed by atoms with Crippen LogP contribution in [0.3, 0.4) is 0 Å². The van der Waals surface area contributed by atoms with Crippen molar-refractivity contribution in [2.24, 2.45) is 0 Å². The Kier molecular flexibility index (Phi) is 22.7. The first-order valence-electron chi connectivity index (χ1n) is 39.2. The van der Waals surface area contributed by atoms with Crippen LogP contribution in [0.4, 0.5) is 0 Å². The molecule has 0 aliphatic carbocycles. The van der Waals surface area contributed by atoms with E-state index in [1.807, 2.05) is 0 Å². The van der Waals surface area contributed by atoms with E-state index in [1.54, 1.807) is 0 Å². The van der Waals surface area contributed by atoms with Gasteiger partial charge < -0.3 is 5.48 Å². The van der Waals surface area contributed by atoms with Crippen molar-refractivity contribution < 1.29 is 31.7 Å². The summed E-state index contributed by atoms with van der Waals surface area (Å²) in [5, 5.41) is 9.35. The Morgan fingerprint density at radius 3 is 0.293 bits per heavy atom. The summed E-state index contributed by atoms with van der Waals surface area (Å²) in [6, 6.07) is 180. The average Bonchev–Trinajstić information content (AvgIpc) is 0.726. The Bertz CT molecular complexity index is 4960. The predicted molar refractivity (Wildman–Crippen MR) is 485 cm³/mol. The summed E-state index contributed by atoms with van der Waals surface area (Å²) < 4.78 is 28.0. The zero-order valence-electron chi connectivity index (χ0n) is 63.8. The molecule has 18 aromatic rings. The average molecular weight is 1580 g/mol. The van der Waals surface area contributed by atoms with E-state index in [1.165, 1.54) is 0 Å². The molecule has 18 aromatic carbocycles. The Hall–Kier alpha value is -13.0. The van der Waals surface area contributed by atoms with Gasteiger partial charge in [0.15, 0.2) is 0 Å². The summed E-state index contributed by atoms with van der Waals surface area (Å²) in [5.41, 5.74) is 20.0. The molecule has 0 aliphatic heterocycles. The fraction of sp³-hybridized carbons (Fsp3) is 0. The quantitative estimate of drug-likeness (QED) is 0.0447.